The van der Waals surface area contributed by atoms with E-state index in [1.54, 1.807) is 6.92 Å². The maximum Gasteiger partial charge on any atom is 0.416 e. The van der Waals surface area contributed by atoms with E-state index in [9.17, 15) is 31.9 Å². The van der Waals surface area contributed by atoms with Crippen LogP contribution in [0.4, 0.5) is 28.0 Å². The number of nitrogens with zero attached hydrogens (tertiary/aromatic N) is 1. The quantitative estimate of drug-likeness (QED) is 0.516. The normalized spacial score (nSPS) is 18.5. The van der Waals surface area contributed by atoms with E-state index in [1.807, 2.05) is 0 Å². The van der Waals surface area contributed by atoms with Crippen LogP contribution in [0.1, 0.15) is 25.0 Å². The van der Waals surface area contributed by atoms with Crippen molar-refractivity contribution in [3.05, 3.63) is 59.4 Å². The predicted molar refractivity (Wildman–Crippen MR) is 105 cm³/mol. The van der Waals surface area contributed by atoms with Crippen LogP contribution in [0.3, 0.4) is 0 Å². The van der Waals surface area contributed by atoms with Crippen LogP contribution in [-0.4, -0.2) is 35.9 Å². The SMILES string of the molecule is CCOc1ccc(C(F)(F)F)cc1NC(=O)CN1C(=O)NC(C)(c2ccc(F)cc2)C1=O. The molecule has 170 valence electrons. The second-order valence-electron chi connectivity index (χ2n) is 7.14. The molecule has 0 bridgehead atoms. The molecule has 0 aromatic heterocycles. The van der Waals surface area contributed by atoms with E-state index in [1.165, 1.54) is 19.1 Å². The fourth-order valence-electron chi connectivity index (χ4n) is 3.24. The first-order valence-electron chi connectivity index (χ1n) is 9.49. The van der Waals surface area contributed by atoms with Crippen LogP contribution in [0.25, 0.3) is 0 Å². The summed E-state index contributed by atoms with van der Waals surface area (Å²) >= 11 is 0. The molecule has 3 rings (SSSR count). The van der Waals surface area contributed by atoms with Gasteiger partial charge in [-0.1, -0.05) is 12.1 Å². The molecule has 0 spiro atoms. The number of ether oxygens (including phenoxy) is 1. The molecule has 7 nitrogen and oxygen atoms in total. The monoisotopic (exact) mass is 453 g/mol. The van der Waals surface area contributed by atoms with Crippen molar-refractivity contribution in [2.75, 3.05) is 18.5 Å². The van der Waals surface area contributed by atoms with Crippen molar-refractivity contribution in [2.24, 2.45) is 0 Å². The maximum absolute atomic E-state index is 13.2. The third-order valence-electron chi connectivity index (χ3n) is 4.88. The highest BCUT2D eigenvalue weighted by Crippen LogP contribution is 2.35. The fourth-order valence-corrected chi connectivity index (χ4v) is 3.24. The van der Waals surface area contributed by atoms with Crippen molar-refractivity contribution in [1.29, 1.82) is 0 Å². The van der Waals surface area contributed by atoms with Gasteiger partial charge in [0, 0.05) is 0 Å². The molecule has 1 saturated heterocycles. The Morgan fingerprint density at radius 2 is 1.81 bits per heavy atom. The highest BCUT2D eigenvalue weighted by atomic mass is 19.4. The summed E-state index contributed by atoms with van der Waals surface area (Å²) < 4.78 is 57.6. The molecule has 0 saturated carbocycles. The number of alkyl halides is 3. The zero-order chi connectivity index (χ0) is 23.7. The topological polar surface area (TPSA) is 87.7 Å². The fraction of sp³-hybridized carbons (Fsp3) is 0.286. The molecule has 2 N–H and O–H groups in total. The second-order valence-corrected chi connectivity index (χ2v) is 7.14. The first-order chi connectivity index (χ1) is 15.0. The number of anilines is 1. The average Bonchev–Trinajstić information content (AvgIpc) is 2.93. The molecule has 32 heavy (non-hydrogen) atoms. The molecule has 4 amide bonds. The molecule has 1 aliphatic rings. The Balaban J connectivity index is 1.80. The van der Waals surface area contributed by atoms with Crippen molar-refractivity contribution >= 4 is 23.5 Å². The van der Waals surface area contributed by atoms with Crippen LogP contribution in [-0.2, 0) is 21.3 Å². The lowest BCUT2D eigenvalue weighted by Crippen LogP contribution is -2.42. The van der Waals surface area contributed by atoms with Gasteiger partial charge in [-0.3, -0.25) is 14.5 Å². The largest absolute Gasteiger partial charge is 0.492 e. The number of carbonyl (C=O) groups is 3. The first kappa shape index (κ1) is 23.0. The average molecular weight is 453 g/mol. The minimum Gasteiger partial charge on any atom is -0.492 e. The summed E-state index contributed by atoms with van der Waals surface area (Å²) in [5, 5.41) is 4.72. The van der Waals surface area contributed by atoms with Crippen LogP contribution in [0.5, 0.6) is 5.75 Å². The van der Waals surface area contributed by atoms with Gasteiger partial charge in [-0.15, -0.1) is 0 Å². The van der Waals surface area contributed by atoms with Gasteiger partial charge in [0.2, 0.25) is 5.91 Å². The summed E-state index contributed by atoms with van der Waals surface area (Å²) in [5.41, 5.74) is -2.48. The first-order valence-corrected chi connectivity index (χ1v) is 9.49. The number of halogens is 4. The van der Waals surface area contributed by atoms with Gasteiger partial charge in [0.05, 0.1) is 17.9 Å². The smallest absolute Gasteiger partial charge is 0.416 e. The van der Waals surface area contributed by atoms with Gasteiger partial charge in [-0.25, -0.2) is 9.18 Å². The van der Waals surface area contributed by atoms with Crippen molar-refractivity contribution in [3.8, 4) is 5.75 Å². The van der Waals surface area contributed by atoms with Crippen LogP contribution < -0.4 is 15.4 Å². The van der Waals surface area contributed by atoms with Gasteiger partial charge in [0.25, 0.3) is 5.91 Å². The summed E-state index contributed by atoms with van der Waals surface area (Å²) in [6.45, 7) is 2.41. The summed E-state index contributed by atoms with van der Waals surface area (Å²) in [4.78, 5) is 38.3. The lowest BCUT2D eigenvalue weighted by Gasteiger charge is -2.22. The Labute approximate surface area is 180 Å². The number of hydrogen-bond donors (Lipinski definition) is 2. The predicted octanol–water partition coefficient (Wildman–Crippen LogP) is 3.65. The van der Waals surface area contributed by atoms with Gasteiger partial charge >= 0.3 is 12.2 Å². The number of carbonyl (C=O) groups excluding carboxylic acids is 3. The van der Waals surface area contributed by atoms with Crippen molar-refractivity contribution < 1.29 is 36.7 Å². The third kappa shape index (κ3) is 4.51. The van der Waals surface area contributed by atoms with Crippen LogP contribution in [0.2, 0.25) is 0 Å². The lowest BCUT2D eigenvalue weighted by molar-refractivity contribution is -0.137. The zero-order valence-electron chi connectivity index (χ0n) is 17.0. The van der Waals surface area contributed by atoms with Gasteiger partial charge in [0.1, 0.15) is 23.7 Å². The highest BCUT2D eigenvalue weighted by Gasteiger charge is 2.49. The van der Waals surface area contributed by atoms with E-state index in [0.29, 0.717) is 16.5 Å². The van der Waals surface area contributed by atoms with Gasteiger partial charge in [-0.05, 0) is 49.7 Å². The number of amides is 4. The van der Waals surface area contributed by atoms with E-state index in [2.05, 4.69) is 10.6 Å². The molecule has 0 radical (unpaired) electrons. The molecule has 1 atom stereocenters. The molecule has 1 fully saturated rings. The molecule has 0 aliphatic carbocycles. The van der Waals surface area contributed by atoms with Crippen LogP contribution >= 0.6 is 0 Å². The number of benzene rings is 2. The summed E-state index contributed by atoms with van der Waals surface area (Å²) in [6, 6.07) is 6.62. The summed E-state index contributed by atoms with van der Waals surface area (Å²) in [7, 11) is 0. The maximum atomic E-state index is 13.2. The van der Waals surface area contributed by atoms with Crippen molar-refractivity contribution in [2.45, 2.75) is 25.6 Å². The molecular formula is C21H19F4N3O4. The molecule has 1 unspecified atom stereocenters. The standard InChI is InChI=1S/C21H19F4N3O4/c1-3-32-16-9-6-13(21(23,24)25)10-15(16)26-17(29)11-28-18(30)20(2,27-19(28)31)12-4-7-14(22)8-5-12/h4-10H,3,11H2,1-2H3,(H,26,29)(H,27,31). The Morgan fingerprint density at radius 3 is 2.41 bits per heavy atom. The number of rotatable bonds is 6. The second kappa shape index (κ2) is 8.48. The van der Waals surface area contributed by atoms with Crippen LogP contribution in [0.15, 0.2) is 42.5 Å². The number of urea groups is 1. The summed E-state index contributed by atoms with van der Waals surface area (Å²) in [6.07, 6.45) is -4.65. The third-order valence-corrected chi connectivity index (χ3v) is 4.88. The number of imide groups is 1. The van der Waals surface area contributed by atoms with Crippen molar-refractivity contribution in [1.82, 2.24) is 10.2 Å². The molecular weight excluding hydrogens is 434 g/mol. The van der Waals surface area contributed by atoms with E-state index in [4.69, 9.17) is 4.74 Å². The summed E-state index contributed by atoms with van der Waals surface area (Å²) in [5.74, 6) is -2.20. The minimum absolute atomic E-state index is 0.00204. The highest BCUT2D eigenvalue weighted by molar-refractivity contribution is 6.10. The Bertz CT molecular complexity index is 1060. The molecule has 2 aromatic rings. The molecule has 2 aromatic carbocycles. The van der Waals surface area contributed by atoms with Gasteiger partial charge in [0.15, 0.2) is 0 Å². The van der Waals surface area contributed by atoms with E-state index in [-0.39, 0.29) is 18.0 Å². The zero-order valence-corrected chi connectivity index (χ0v) is 17.0. The van der Waals surface area contributed by atoms with Gasteiger partial charge in [-0.2, -0.15) is 13.2 Å². The Morgan fingerprint density at radius 1 is 1.16 bits per heavy atom. The Hall–Kier alpha value is -3.63. The van der Waals surface area contributed by atoms with Crippen LogP contribution in [0, 0.1) is 5.82 Å². The van der Waals surface area contributed by atoms with E-state index >= 15 is 0 Å². The van der Waals surface area contributed by atoms with E-state index < -0.39 is 47.5 Å². The lowest BCUT2D eigenvalue weighted by atomic mass is 9.92. The van der Waals surface area contributed by atoms with Crippen molar-refractivity contribution in [3.63, 3.8) is 0 Å². The molecule has 1 aliphatic heterocycles. The number of nitrogens with one attached hydrogen (secondary N) is 2. The minimum atomic E-state index is -4.65. The number of hydrogen-bond acceptors (Lipinski definition) is 4. The molecule has 11 heteroatoms. The van der Waals surface area contributed by atoms with Gasteiger partial charge < -0.3 is 15.4 Å². The van der Waals surface area contributed by atoms with E-state index in [0.717, 1.165) is 24.3 Å². The Kier molecular flexibility index (Phi) is 6.11. The molecule has 1 heterocycles.